The van der Waals surface area contributed by atoms with E-state index in [1.54, 1.807) is 65.7 Å². The number of rotatable bonds is 8. The Labute approximate surface area is 192 Å². The van der Waals surface area contributed by atoms with Crippen LogP contribution in [-0.2, 0) is 10.0 Å². The summed E-state index contributed by atoms with van der Waals surface area (Å²) in [5, 5.41) is 17.4. The fourth-order valence-corrected chi connectivity index (χ4v) is 4.04. The number of carbonyl (C=O) groups excluding carboxylic acids is 1. The number of nitrogen functional groups attached to an aromatic ring is 1. The predicted octanol–water partition coefficient (Wildman–Crippen LogP) is 3.24. The van der Waals surface area contributed by atoms with Crippen LogP contribution in [0.25, 0.3) is 11.1 Å². The molecule has 0 saturated carbocycles. The lowest BCUT2D eigenvalue weighted by Gasteiger charge is -2.25. The van der Waals surface area contributed by atoms with E-state index in [2.05, 4.69) is 10.7 Å². The summed E-state index contributed by atoms with van der Waals surface area (Å²) in [6.07, 6.45) is 0.780. The average molecular weight is 467 g/mol. The number of sulfonamides is 1. The predicted molar refractivity (Wildman–Crippen MR) is 131 cm³/mol. The van der Waals surface area contributed by atoms with Crippen molar-refractivity contribution >= 4 is 33.3 Å². The normalized spacial score (nSPS) is 11.0. The van der Waals surface area contributed by atoms with Crippen molar-refractivity contribution in [1.29, 1.82) is 5.41 Å². The smallest absolute Gasteiger partial charge is 0.338 e. The third-order valence-electron chi connectivity index (χ3n) is 4.80. The quantitative estimate of drug-likeness (QED) is 0.196. The second-order valence-corrected chi connectivity index (χ2v) is 8.83. The van der Waals surface area contributed by atoms with Gasteiger partial charge in [-0.1, -0.05) is 49.4 Å². The van der Waals surface area contributed by atoms with Crippen LogP contribution in [-0.4, -0.2) is 26.8 Å². The molecule has 33 heavy (non-hydrogen) atoms. The lowest BCUT2D eigenvalue weighted by Crippen LogP contribution is -2.45. The number of hydrogen-bond acceptors (Lipinski definition) is 5. The molecule has 0 heterocycles. The van der Waals surface area contributed by atoms with Crippen LogP contribution in [0, 0.1) is 5.41 Å². The molecule has 9 nitrogen and oxygen atoms in total. The van der Waals surface area contributed by atoms with E-state index < -0.39 is 16.1 Å². The van der Waals surface area contributed by atoms with Gasteiger partial charge in [-0.05, 0) is 42.3 Å². The maximum atomic E-state index is 12.6. The van der Waals surface area contributed by atoms with Gasteiger partial charge in [0, 0.05) is 23.4 Å². The molecule has 0 aliphatic carbocycles. The SMILES string of the molecule is CCCN(NC(=O)Nc1ccc(-c2ccccc2S(N)(=O)=O)cc1)c1cccc(C(=N)N)c1. The summed E-state index contributed by atoms with van der Waals surface area (Å²) in [5.41, 5.74) is 11.3. The summed E-state index contributed by atoms with van der Waals surface area (Å²) >= 11 is 0. The fourth-order valence-electron chi connectivity index (χ4n) is 3.28. The minimum absolute atomic E-state index is 0.0338. The zero-order valence-electron chi connectivity index (χ0n) is 18.1. The van der Waals surface area contributed by atoms with Crippen molar-refractivity contribution in [3.63, 3.8) is 0 Å². The van der Waals surface area contributed by atoms with E-state index in [1.165, 1.54) is 6.07 Å². The molecule has 3 aromatic carbocycles. The van der Waals surface area contributed by atoms with Crippen LogP contribution in [0.1, 0.15) is 18.9 Å². The van der Waals surface area contributed by atoms with E-state index in [0.717, 1.165) is 6.42 Å². The topological polar surface area (TPSA) is 154 Å². The number of carbonyl (C=O) groups is 1. The van der Waals surface area contributed by atoms with Crippen LogP contribution in [0.5, 0.6) is 0 Å². The minimum atomic E-state index is -3.87. The maximum Gasteiger partial charge on any atom is 0.338 e. The molecule has 0 aromatic heterocycles. The van der Waals surface area contributed by atoms with Gasteiger partial charge in [0.05, 0.1) is 10.6 Å². The number of urea groups is 1. The second-order valence-electron chi connectivity index (χ2n) is 7.30. The summed E-state index contributed by atoms with van der Waals surface area (Å²) in [6, 6.07) is 19.8. The molecule has 0 spiro atoms. The first-order valence-corrected chi connectivity index (χ1v) is 11.8. The first-order valence-electron chi connectivity index (χ1n) is 10.2. The molecule has 0 radical (unpaired) electrons. The molecular weight excluding hydrogens is 440 g/mol. The highest BCUT2D eigenvalue weighted by Crippen LogP contribution is 2.27. The Bertz CT molecular complexity index is 1260. The molecule has 3 aromatic rings. The molecule has 0 saturated heterocycles. The average Bonchev–Trinajstić information content (AvgIpc) is 2.79. The largest absolute Gasteiger partial charge is 0.384 e. The number of nitrogens with zero attached hydrogens (tertiary/aromatic N) is 1. The van der Waals surface area contributed by atoms with Gasteiger partial charge in [0.25, 0.3) is 0 Å². The summed E-state index contributed by atoms with van der Waals surface area (Å²) in [5.74, 6) is -0.0538. The zero-order valence-corrected chi connectivity index (χ0v) is 18.9. The van der Waals surface area contributed by atoms with Gasteiger partial charge in [-0.2, -0.15) is 0 Å². The van der Waals surface area contributed by atoms with Crippen molar-refractivity contribution in [1.82, 2.24) is 5.43 Å². The molecule has 0 aliphatic rings. The van der Waals surface area contributed by atoms with E-state index in [-0.39, 0.29) is 10.7 Å². The molecule has 172 valence electrons. The van der Waals surface area contributed by atoms with Crippen LogP contribution < -0.4 is 26.6 Å². The van der Waals surface area contributed by atoms with Gasteiger partial charge in [-0.25, -0.2) is 23.8 Å². The Hall–Kier alpha value is -3.89. The molecule has 0 bridgehead atoms. The van der Waals surface area contributed by atoms with E-state index in [1.807, 2.05) is 13.0 Å². The minimum Gasteiger partial charge on any atom is -0.384 e. The number of primary sulfonamides is 1. The van der Waals surface area contributed by atoms with E-state index in [0.29, 0.717) is 34.6 Å². The summed E-state index contributed by atoms with van der Waals surface area (Å²) < 4.78 is 23.7. The highest BCUT2D eigenvalue weighted by atomic mass is 32.2. The van der Waals surface area contributed by atoms with Crippen LogP contribution in [0.3, 0.4) is 0 Å². The highest BCUT2D eigenvalue weighted by molar-refractivity contribution is 7.89. The third kappa shape index (κ3) is 6.09. The number of amidine groups is 1. The summed E-state index contributed by atoms with van der Waals surface area (Å²) in [6.45, 7) is 2.54. The Morgan fingerprint density at radius 1 is 1.03 bits per heavy atom. The van der Waals surface area contributed by atoms with Crippen molar-refractivity contribution in [3.05, 3.63) is 78.4 Å². The monoisotopic (exact) mass is 466 g/mol. The van der Waals surface area contributed by atoms with Crippen molar-refractivity contribution in [2.24, 2.45) is 10.9 Å². The lowest BCUT2D eigenvalue weighted by atomic mass is 10.1. The van der Waals surface area contributed by atoms with Gasteiger partial charge in [-0.15, -0.1) is 0 Å². The van der Waals surface area contributed by atoms with E-state index >= 15 is 0 Å². The van der Waals surface area contributed by atoms with Gasteiger partial charge in [0.15, 0.2) is 0 Å². The number of nitrogens with two attached hydrogens (primary N) is 2. The third-order valence-corrected chi connectivity index (χ3v) is 5.77. The van der Waals surface area contributed by atoms with E-state index in [4.69, 9.17) is 16.3 Å². The summed E-state index contributed by atoms with van der Waals surface area (Å²) in [7, 11) is -3.87. The number of benzene rings is 3. The second kappa shape index (κ2) is 10.2. The first kappa shape index (κ1) is 23.8. The van der Waals surface area contributed by atoms with Crippen LogP contribution in [0.2, 0.25) is 0 Å². The molecular formula is C23H26N6O3S. The molecule has 10 heteroatoms. The standard InChI is InChI=1S/C23H26N6O3S/c1-2-14-29(19-7-5-6-17(15-19)22(24)25)28-23(30)27-18-12-10-16(11-13-18)20-8-3-4-9-21(20)33(26,31)32/h3-13,15H,2,14H2,1H3,(H3,24,25)(H2,26,31,32)(H2,27,28,30). The molecule has 0 fully saturated rings. The summed E-state index contributed by atoms with van der Waals surface area (Å²) in [4.78, 5) is 12.6. The van der Waals surface area contributed by atoms with Gasteiger partial charge >= 0.3 is 6.03 Å². The molecule has 0 aliphatic heterocycles. The van der Waals surface area contributed by atoms with E-state index in [9.17, 15) is 13.2 Å². The fraction of sp³-hybridized carbons (Fsp3) is 0.130. The Morgan fingerprint density at radius 2 is 1.73 bits per heavy atom. The molecule has 0 unspecified atom stereocenters. The molecule has 0 atom stereocenters. The molecule has 7 N–H and O–H groups in total. The maximum absolute atomic E-state index is 12.6. The zero-order chi connectivity index (χ0) is 24.0. The number of anilines is 2. The highest BCUT2D eigenvalue weighted by Gasteiger charge is 2.15. The van der Waals surface area contributed by atoms with Gasteiger partial charge in [0.1, 0.15) is 5.84 Å². The Kier molecular flexibility index (Phi) is 7.31. The number of hydrogen-bond donors (Lipinski definition) is 5. The van der Waals surface area contributed by atoms with Crippen LogP contribution in [0.4, 0.5) is 16.2 Å². The van der Waals surface area contributed by atoms with Crippen molar-refractivity contribution in [2.45, 2.75) is 18.2 Å². The van der Waals surface area contributed by atoms with Gasteiger partial charge in [0.2, 0.25) is 10.0 Å². The Morgan fingerprint density at radius 3 is 2.36 bits per heavy atom. The number of nitrogens with one attached hydrogen (secondary N) is 3. The Balaban J connectivity index is 1.74. The van der Waals surface area contributed by atoms with Gasteiger partial charge < -0.3 is 11.1 Å². The van der Waals surface area contributed by atoms with Crippen LogP contribution in [0.15, 0.2) is 77.7 Å². The van der Waals surface area contributed by atoms with Gasteiger partial charge in [-0.3, -0.25) is 10.4 Å². The van der Waals surface area contributed by atoms with Crippen molar-refractivity contribution in [2.75, 3.05) is 16.9 Å². The van der Waals surface area contributed by atoms with Crippen LogP contribution >= 0.6 is 0 Å². The number of hydrazine groups is 1. The van der Waals surface area contributed by atoms with Crippen molar-refractivity contribution < 1.29 is 13.2 Å². The lowest BCUT2D eigenvalue weighted by molar-refractivity contribution is 0.251. The van der Waals surface area contributed by atoms with Crippen molar-refractivity contribution in [3.8, 4) is 11.1 Å². The first-order chi connectivity index (χ1) is 15.7. The number of amides is 2. The molecule has 3 rings (SSSR count). The molecule has 2 amide bonds.